The van der Waals surface area contributed by atoms with Crippen molar-refractivity contribution in [3.05, 3.63) is 12.1 Å². The lowest BCUT2D eigenvalue weighted by atomic mass is 10.1. The molecule has 0 heterocycles. The zero-order valence-corrected chi connectivity index (χ0v) is 12.4. The molecule has 0 bridgehead atoms. The van der Waals surface area contributed by atoms with Crippen LogP contribution < -0.4 is 25.3 Å². The Morgan fingerprint density at radius 1 is 1.20 bits per heavy atom. The minimum Gasteiger partial charge on any atom is -0.493 e. The van der Waals surface area contributed by atoms with Gasteiger partial charge in [-0.05, 0) is 6.42 Å². The van der Waals surface area contributed by atoms with E-state index < -0.39 is 6.04 Å². The van der Waals surface area contributed by atoms with Crippen LogP contribution in [0.15, 0.2) is 12.1 Å². The summed E-state index contributed by atoms with van der Waals surface area (Å²) in [6.07, 6.45) is 1.49. The van der Waals surface area contributed by atoms with Gasteiger partial charge in [-0.25, -0.2) is 0 Å². The first-order valence-corrected chi connectivity index (χ1v) is 6.43. The molecule has 1 aromatic carbocycles. The Bertz CT molecular complexity index is 437. The minimum absolute atomic E-state index is 0.235. The second kappa shape index (κ2) is 7.59. The predicted molar refractivity (Wildman–Crippen MR) is 77.6 cm³/mol. The number of hydrogen-bond donors (Lipinski definition) is 2. The van der Waals surface area contributed by atoms with Gasteiger partial charge in [0.15, 0.2) is 11.5 Å². The van der Waals surface area contributed by atoms with Gasteiger partial charge >= 0.3 is 0 Å². The van der Waals surface area contributed by atoms with Crippen LogP contribution in [0.25, 0.3) is 0 Å². The van der Waals surface area contributed by atoms with Crippen LogP contribution in [0.1, 0.15) is 19.8 Å². The number of methoxy groups -OCH3 is 3. The molecule has 0 spiro atoms. The van der Waals surface area contributed by atoms with Crippen molar-refractivity contribution in [3.8, 4) is 17.2 Å². The van der Waals surface area contributed by atoms with E-state index in [1.54, 1.807) is 12.1 Å². The molecule has 0 aliphatic rings. The van der Waals surface area contributed by atoms with E-state index in [9.17, 15) is 4.79 Å². The fourth-order valence-electron chi connectivity index (χ4n) is 1.83. The monoisotopic (exact) mass is 282 g/mol. The number of ether oxygens (including phenoxy) is 3. The third-order valence-corrected chi connectivity index (χ3v) is 2.87. The molecule has 6 heteroatoms. The van der Waals surface area contributed by atoms with E-state index in [-0.39, 0.29) is 5.91 Å². The van der Waals surface area contributed by atoms with Crippen LogP contribution >= 0.6 is 0 Å². The van der Waals surface area contributed by atoms with E-state index in [2.05, 4.69) is 5.32 Å². The summed E-state index contributed by atoms with van der Waals surface area (Å²) in [6, 6.07) is 2.80. The Hall–Kier alpha value is -1.95. The van der Waals surface area contributed by atoms with Gasteiger partial charge in [0.2, 0.25) is 11.7 Å². The third kappa shape index (κ3) is 3.77. The lowest BCUT2D eigenvalue weighted by Gasteiger charge is -2.16. The molecule has 1 atom stereocenters. The highest BCUT2D eigenvalue weighted by Gasteiger charge is 2.17. The molecule has 0 aromatic heterocycles. The van der Waals surface area contributed by atoms with Crippen LogP contribution in [0.4, 0.5) is 5.69 Å². The van der Waals surface area contributed by atoms with Crippen molar-refractivity contribution in [2.45, 2.75) is 25.8 Å². The SMILES string of the molecule is CCC[C@@H](N)C(=O)Nc1cc(OC)c(OC)c(OC)c1. The second-order valence-electron chi connectivity index (χ2n) is 4.30. The number of amides is 1. The van der Waals surface area contributed by atoms with Crippen LogP contribution in [0.5, 0.6) is 17.2 Å². The molecule has 1 aromatic rings. The van der Waals surface area contributed by atoms with Gasteiger partial charge in [0, 0.05) is 17.8 Å². The van der Waals surface area contributed by atoms with E-state index in [1.807, 2.05) is 6.92 Å². The van der Waals surface area contributed by atoms with Gasteiger partial charge in [-0.1, -0.05) is 13.3 Å². The zero-order valence-electron chi connectivity index (χ0n) is 12.4. The zero-order chi connectivity index (χ0) is 15.1. The van der Waals surface area contributed by atoms with Crippen molar-refractivity contribution in [2.75, 3.05) is 26.6 Å². The molecular formula is C14H22N2O4. The summed E-state index contributed by atoms with van der Waals surface area (Å²) in [4.78, 5) is 11.9. The van der Waals surface area contributed by atoms with Crippen molar-refractivity contribution in [1.29, 1.82) is 0 Å². The maximum absolute atomic E-state index is 11.9. The number of rotatable bonds is 7. The maximum Gasteiger partial charge on any atom is 0.241 e. The highest BCUT2D eigenvalue weighted by molar-refractivity contribution is 5.95. The molecule has 0 radical (unpaired) electrons. The molecule has 0 saturated heterocycles. The summed E-state index contributed by atoms with van der Waals surface area (Å²) in [5, 5.41) is 2.75. The Labute approximate surface area is 119 Å². The molecule has 0 fully saturated rings. The van der Waals surface area contributed by atoms with Gasteiger partial charge in [-0.15, -0.1) is 0 Å². The van der Waals surface area contributed by atoms with E-state index in [0.29, 0.717) is 29.4 Å². The van der Waals surface area contributed by atoms with Crippen molar-refractivity contribution in [1.82, 2.24) is 0 Å². The molecule has 0 aliphatic carbocycles. The van der Waals surface area contributed by atoms with E-state index >= 15 is 0 Å². The highest BCUT2D eigenvalue weighted by atomic mass is 16.5. The Morgan fingerprint density at radius 3 is 2.15 bits per heavy atom. The van der Waals surface area contributed by atoms with Crippen molar-refractivity contribution in [2.24, 2.45) is 5.73 Å². The number of nitrogens with two attached hydrogens (primary N) is 1. The topological polar surface area (TPSA) is 82.8 Å². The molecule has 112 valence electrons. The maximum atomic E-state index is 11.9. The first-order chi connectivity index (χ1) is 9.57. The number of carbonyl (C=O) groups excluding carboxylic acids is 1. The molecule has 1 rings (SSSR count). The largest absolute Gasteiger partial charge is 0.493 e. The smallest absolute Gasteiger partial charge is 0.241 e. The van der Waals surface area contributed by atoms with Gasteiger partial charge < -0.3 is 25.3 Å². The molecule has 20 heavy (non-hydrogen) atoms. The normalized spacial score (nSPS) is 11.7. The van der Waals surface area contributed by atoms with E-state index in [0.717, 1.165) is 6.42 Å². The van der Waals surface area contributed by atoms with E-state index in [4.69, 9.17) is 19.9 Å². The van der Waals surface area contributed by atoms with Gasteiger partial charge in [-0.2, -0.15) is 0 Å². The van der Waals surface area contributed by atoms with Crippen LogP contribution in [-0.4, -0.2) is 33.3 Å². The lowest BCUT2D eigenvalue weighted by molar-refractivity contribution is -0.117. The molecule has 1 amide bonds. The van der Waals surface area contributed by atoms with Crippen LogP contribution in [-0.2, 0) is 4.79 Å². The van der Waals surface area contributed by atoms with E-state index in [1.165, 1.54) is 21.3 Å². The quantitative estimate of drug-likeness (QED) is 0.796. The van der Waals surface area contributed by atoms with Crippen molar-refractivity contribution < 1.29 is 19.0 Å². The summed E-state index contributed by atoms with van der Waals surface area (Å²) in [5.74, 6) is 1.20. The predicted octanol–water partition coefficient (Wildman–Crippen LogP) is 1.78. The van der Waals surface area contributed by atoms with Crippen LogP contribution in [0.2, 0.25) is 0 Å². The molecule has 3 N–H and O–H groups in total. The number of carbonyl (C=O) groups is 1. The van der Waals surface area contributed by atoms with Gasteiger partial charge in [0.25, 0.3) is 0 Å². The fourth-order valence-corrected chi connectivity index (χ4v) is 1.83. The summed E-state index contributed by atoms with van der Waals surface area (Å²) >= 11 is 0. The third-order valence-electron chi connectivity index (χ3n) is 2.87. The summed E-state index contributed by atoms with van der Waals surface area (Å²) < 4.78 is 15.7. The summed E-state index contributed by atoms with van der Waals surface area (Å²) in [7, 11) is 4.56. The van der Waals surface area contributed by atoms with Crippen LogP contribution in [0, 0.1) is 0 Å². The molecule has 0 unspecified atom stereocenters. The Balaban J connectivity index is 2.99. The molecule has 0 aliphatic heterocycles. The first-order valence-electron chi connectivity index (χ1n) is 6.43. The lowest BCUT2D eigenvalue weighted by Crippen LogP contribution is -2.35. The van der Waals surface area contributed by atoms with Crippen molar-refractivity contribution >= 4 is 11.6 Å². The average molecular weight is 282 g/mol. The molecule has 0 saturated carbocycles. The standard InChI is InChI=1S/C14H22N2O4/c1-5-6-10(15)14(17)16-9-7-11(18-2)13(20-4)12(8-9)19-3/h7-8,10H,5-6,15H2,1-4H3,(H,16,17)/t10-/m1/s1. The number of nitrogens with one attached hydrogen (secondary N) is 1. The highest BCUT2D eigenvalue weighted by Crippen LogP contribution is 2.39. The Morgan fingerprint density at radius 2 is 1.75 bits per heavy atom. The van der Waals surface area contributed by atoms with Crippen LogP contribution in [0.3, 0.4) is 0 Å². The van der Waals surface area contributed by atoms with Crippen molar-refractivity contribution in [3.63, 3.8) is 0 Å². The Kier molecular flexibility index (Phi) is 6.11. The molecular weight excluding hydrogens is 260 g/mol. The van der Waals surface area contributed by atoms with Gasteiger partial charge in [-0.3, -0.25) is 4.79 Å². The number of anilines is 1. The summed E-state index contributed by atoms with van der Waals surface area (Å²) in [5.41, 5.74) is 6.33. The van der Waals surface area contributed by atoms with Gasteiger partial charge in [0.05, 0.1) is 27.4 Å². The summed E-state index contributed by atoms with van der Waals surface area (Å²) in [6.45, 7) is 1.98. The van der Waals surface area contributed by atoms with Gasteiger partial charge in [0.1, 0.15) is 0 Å². The average Bonchev–Trinajstić information content (AvgIpc) is 2.46. The molecule has 6 nitrogen and oxygen atoms in total. The minimum atomic E-state index is -0.529. The second-order valence-corrected chi connectivity index (χ2v) is 4.30. The fraction of sp³-hybridized carbons (Fsp3) is 0.500. The number of benzene rings is 1. The number of hydrogen-bond acceptors (Lipinski definition) is 5. The first kappa shape index (κ1) is 16.1.